The van der Waals surface area contributed by atoms with Crippen LogP contribution in [0.25, 0.3) is 0 Å². The Morgan fingerprint density at radius 1 is 0.875 bits per heavy atom. The number of aliphatic hydroxyl groups is 5. The second-order valence-corrected chi connectivity index (χ2v) is 8.94. The third-order valence-corrected chi connectivity index (χ3v) is 6.05. The molecule has 7 N–H and O–H groups in total. The zero-order chi connectivity index (χ0) is 23.8. The van der Waals surface area contributed by atoms with Crippen molar-refractivity contribution in [3.05, 3.63) is 12.2 Å². The van der Waals surface area contributed by atoms with Gasteiger partial charge >= 0.3 is 0 Å². The molecule has 0 spiro atoms. The van der Waals surface area contributed by atoms with Crippen LogP contribution in [0.4, 0.5) is 0 Å². The van der Waals surface area contributed by atoms with Crippen LogP contribution < -0.4 is 5.73 Å². The molecule has 1 fully saturated rings. The summed E-state index contributed by atoms with van der Waals surface area (Å²) in [5, 5.41) is 48.8. The van der Waals surface area contributed by atoms with E-state index in [1.165, 1.54) is 64.2 Å². The molecule has 1 aliphatic rings. The van der Waals surface area contributed by atoms with Gasteiger partial charge in [0.05, 0.1) is 25.4 Å². The van der Waals surface area contributed by atoms with Gasteiger partial charge in [-0.1, -0.05) is 83.3 Å². The minimum absolute atomic E-state index is 0.118. The van der Waals surface area contributed by atoms with Crippen LogP contribution in [-0.2, 0) is 9.47 Å². The standard InChI is InChI=1S/C24H47NO7/c1-2-3-4-5-6-7-8-9-10-11-12-13-14-15-19(27)18(25)17-31-24-23(30)22(29)21(28)20(16-26)32-24/h14-15,18-24,26-30H,2-13,16-17,25H2,1H3/t18-,19+,20+,21+,22-,23+,24+/m0/s1. The lowest BCUT2D eigenvalue weighted by molar-refractivity contribution is -0.302. The SMILES string of the molecule is CCCCCCCCCCCCCC=C[C@@H](O)[C@@H](N)CO[C@@H]1O[C@H](CO)[C@@H](O)[C@H](O)[C@H]1O. The molecule has 0 unspecified atom stereocenters. The molecule has 0 aliphatic carbocycles. The molecule has 32 heavy (non-hydrogen) atoms. The molecule has 0 radical (unpaired) electrons. The summed E-state index contributed by atoms with van der Waals surface area (Å²) in [6.45, 7) is 1.60. The monoisotopic (exact) mass is 461 g/mol. The largest absolute Gasteiger partial charge is 0.394 e. The number of allylic oxidation sites excluding steroid dienone is 1. The van der Waals surface area contributed by atoms with E-state index in [-0.39, 0.29) is 6.61 Å². The van der Waals surface area contributed by atoms with Crippen LogP contribution in [0.2, 0.25) is 0 Å². The van der Waals surface area contributed by atoms with Crippen molar-refractivity contribution in [2.45, 2.75) is 127 Å². The van der Waals surface area contributed by atoms with Crippen LogP contribution in [0.3, 0.4) is 0 Å². The molecule has 8 nitrogen and oxygen atoms in total. The predicted molar refractivity (Wildman–Crippen MR) is 124 cm³/mol. The molecule has 190 valence electrons. The van der Waals surface area contributed by atoms with E-state index in [1.807, 2.05) is 6.08 Å². The zero-order valence-corrected chi connectivity index (χ0v) is 19.7. The minimum Gasteiger partial charge on any atom is -0.394 e. The smallest absolute Gasteiger partial charge is 0.186 e. The number of rotatable bonds is 18. The lowest BCUT2D eigenvalue weighted by atomic mass is 9.99. The Balaban J connectivity index is 2.10. The van der Waals surface area contributed by atoms with E-state index in [0.717, 1.165) is 12.8 Å². The van der Waals surface area contributed by atoms with Crippen LogP contribution >= 0.6 is 0 Å². The summed E-state index contributed by atoms with van der Waals surface area (Å²) in [6.07, 6.45) is 11.1. The fraction of sp³-hybridized carbons (Fsp3) is 0.917. The van der Waals surface area contributed by atoms with E-state index in [0.29, 0.717) is 0 Å². The fourth-order valence-corrected chi connectivity index (χ4v) is 3.81. The van der Waals surface area contributed by atoms with Crippen molar-refractivity contribution in [2.75, 3.05) is 13.2 Å². The maximum absolute atomic E-state index is 10.2. The van der Waals surface area contributed by atoms with Gasteiger partial charge in [-0.2, -0.15) is 0 Å². The molecule has 0 aromatic carbocycles. The van der Waals surface area contributed by atoms with Crippen molar-refractivity contribution < 1.29 is 35.0 Å². The molecule has 8 heteroatoms. The Bertz CT molecular complexity index is 477. The van der Waals surface area contributed by atoms with E-state index in [2.05, 4.69) is 6.92 Å². The molecule has 1 rings (SSSR count). The quantitative estimate of drug-likeness (QED) is 0.134. The average molecular weight is 462 g/mol. The number of aliphatic hydroxyl groups excluding tert-OH is 5. The summed E-state index contributed by atoms with van der Waals surface area (Å²) in [6, 6.07) is -0.740. The van der Waals surface area contributed by atoms with Crippen molar-refractivity contribution in [3.63, 3.8) is 0 Å². The third kappa shape index (κ3) is 11.5. The highest BCUT2D eigenvalue weighted by Crippen LogP contribution is 2.22. The summed E-state index contributed by atoms with van der Waals surface area (Å²) in [7, 11) is 0. The Morgan fingerprint density at radius 3 is 2.00 bits per heavy atom. The maximum atomic E-state index is 10.2. The highest BCUT2D eigenvalue weighted by Gasteiger charge is 2.44. The summed E-state index contributed by atoms with van der Waals surface area (Å²) in [5.74, 6) is 0. The second kappa shape index (κ2) is 17.8. The second-order valence-electron chi connectivity index (χ2n) is 8.94. The van der Waals surface area contributed by atoms with Crippen molar-refractivity contribution in [1.29, 1.82) is 0 Å². The van der Waals surface area contributed by atoms with Gasteiger partial charge in [0.15, 0.2) is 6.29 Å². The highest BCUT2D eigenvalue weighted by atomic mass is 16.7. The molecule has 1 aliphatic heterocycles. The van der Waals surface area contributed by atoms with Gasteiger partial charge in [0, 0.05) is 0 Å². The number of ether oxygens (including phenoxy) is 2. The van der Waals surface area contributed by atoms with E-state index >= 15 is 0 Å². The molecular formula is C24H47NO7. The Kier molecular flexibility index (Phi) is 16.4. The lowest BCUT2D eigenvalue weighted by Crippen LogP contribution is -2.59. The van der Waals surface area contributed by atoms with Crippen LogP contribution in [0.5, 0.6) is 0 Å². The first-order chi connectivity index (χ1) is 15.4. The molecule has 0 saturated carbocycles. The normalized spacial score (nSPS) is 28.3. The van der Waals surface area contributed by atoms with E-state index in [9.17, 15) is 25.5 Å². The van der Waals surface area contributed by atoms with Gasteiger partial charge < -0.3 is 40.7 Å². The lowest BCUT2D eigenvalue weighted by Gasteiger charge is -2.39. The van der Waals surface area contributed by atoms with Crippen molar-refractivity contribution in [1.82, 2.24) is 0 Å². The number of hydrogen-bond acceptors (Lipinski definition) is 8. The average Bonchev–Trinajstić information content (AvgIpc) is 2.79. The van der Waals surface area contributed by atoms with Crippen LogP contribution in [0, 0.1) is 0 Å². The molecular weight excluding hydrogens is 414 g/mol. The molecule has 0 bridgehead atoms. The molecule has 1 saturated heterocycles. The van der Waals surface area contributed by atoms with Gasteiger partial charge in [-0.3, -0.25) is 0 Å². The van der Waals surface area contributed by atoms with E-state index < -0.39 is 49.5 Å². The molecule has 1 heterocycles. The number of unbranched alkanes of at least 4 members (excludes halogenated alkanes) is 11. The summed E-state index contributed by atoms with van der Waals surface area (Å²) < 4.78 is 10.6. The van der Waals surface area contributed by atoms with Gasteiger partial charge in [-0.25, -0.2) is 0 Å². The first kappa shape index (κ1) is 29.5. The van der Waals surface area contributed by atoms with Crippen LogP contribution in [0.1, 0.15) is 84.0 Å². The highest BCUT2D eigenvalue weighted by molar-refractivity contribution is 4.94. The first-order valence-corrected chi connectivity index (χ1v) is 12.4. The van der Waals surface area contributed by atoms with Gasteiger partial charge in [-0.05, 0) is 12.8 Å². The zero-order valence-electron chi connectivity index (χ0n) is 19.7. The Morgan fingerprint density at radius 2 is 1.44 bits per heavy atom. The fourth-order valence-electron chi connectivity index (χ4n) is 3.81. The Labute approximate surface area is 193 Å². The van der Waals surface area contributed by atoms with E-state index in [4.69, 9.17) is 15.2 Å². The molecule has 0 amide bonds. The van der Waals surface area contributed by atoms with E-state index in [1.54, 1.807) is 6.08 Å². The summed E-state index contributed by atoms with van der Waals surface area (Å²) >= 11 is 0. The first-order valence-electron chi connectivity index (χ1n) is 12.4. The van der Waals surface area contributed by atoms with Crippen molar-refractivity contribution in [3.8, 4) is 0 Å². The van der Waals surface area contributed by atoms with Gasteiger partial charge in [0.2, 0.25) is 0 Å². The molecule has 0 aromatic rings. The topological polar surface area (TPSA) is 146 Å². The van der Waals surface area contributed by atoms with Gasteiger partial charge in [-0.15, -0.1) is 0 Å². The molecule has 0 aromatic heterocycles. The van der Waals surface area contributed by atoms with Gasteiger partial charge in [0.25, 0.3) is 0 Å². The van der Waals surface area contributed by atoms with Crippen LogP contribution in [0.15, 0.2) is 12.2 Å². The van der Waals surface area contributed by atoms with Gasteiger partial charge in [0.1, 0.15) is 24.4 Å². The summed E-state index contributed by atoms with van der Waals surface area (Å²) in [4.78, 5) is 0. The summed E-state index contributed by atoms with van der Waals surface area (Å²) in [5.41, 5.74) is 5.93. The van der Waals surface area contributed by atoms with Crippen molar-refractivity contribution in [2.24, 2.45) is 5.73 Å². The minimum atomic E-state index is -1.50. The van der Waals surface area contributed by atoms with Crippen molar-refractivity contribution >= 4 is 0 Å². The molecule has 7 atom stereocenters. The Hall–Kier alpha value is -0.580. The third-order valence-electron chi connectivity index (χ3n) is 6.05. The number of hydrogen-bond donors (Lipinski definition) is 6. The maximum Gasteiger partial charge on any atom is 0.186 e. The number of nitrogens with two attached hydrogens (primary N) is 1. The predicted octanol–water partition coefficient (Wildman–Crippen LogP) is 1.75. The van der Waals surface area contributed by atoms with Crippen LogP contribution in [-0.4, -0.2) is 81.6 Å².